The van der Waals surface area contributed by atoms with Gasteiger partial charge in [-0.15, -0.1) is 11.3 Å². The van der Waals surface area contributed by atoms with Crippen molar-refractivity contribution in [3.8, 4) is 16.9 Å². The van der Waals surface area contributed by atoms with Crippen molar-refractivity contribution in [3.05, 3.63) is 99.9 Å². The normalized spacial score (nSPS) is 11.0. The van der Waals surface area contributed by atoms with Crippen LogP contribution in [0.5, 0.6) is 0 Å². The summed E-state index contributed by atoms with van der Waals surface area (Å²) < 4.78 is 15.3. The number of hydrogen-bond donors (Lipinski definition) is 1. The minimum atomic E-state index is -0.359. The van der Waals surface area contributed by atoms with E-state index in [-0.39, 0.29) is 23.0 Å². The van der Waals surface area contributed by atoms with Crippen LogP contribution in [0.25, 0.3) is 27.8 Å². The molecule has 0 aliphatic carbocycles. The topological polar surface area (TPSA) is 76.9 Å². The fraction of sp³-hybridized carbons (Fsp3) is 0.0769. The number of halogens is 1. The van der Waals surface area contributed by atoms with E-state index in [1.54, 1.807) is 37.3 Å². The Kier molecular flexibility index (Phi) is 6.43. The van der Waals surface area contributed by atoms with Gasteiger partial charge in [0.1, 0.15) is 5.82 Å². The summed E-state index contributed by atoms with van der Waals surface area (Å²) in [5.74, 6) is -0.610. The van der Waals surface area contributed by atoms with E-state index in [0.29, 0.717) is 32.4 Å². The largest absolute Gasteiger partial charge is 0.301 e. The van der Waals surface area contributed by atoms with Crippen molar-refractivity contribution in [3.63, 3.8) is 0 Å². The maximum atomic E-state index is 13.9. The summed E-state index contributed by atoms with van der Waals surface area (Å²) in [7, 11) is 0. The maximum Gasteiger partial charge on any atom is 0.266 e. The van der Waals surface area contributed by atoms with Crippen LogP contribution in [0, 0.1) is 12.7 Å². The number of amides is 1. The average molecular weight is 503 g/mol. The molecule has 6 nitrogen and oxygen atoms in total. The second kappa shape index (κ2) is 9.81. The van der Waals surface area contributed by atoms with Crippen molar-refractivity contribution in [2.24, 2.45) is 0 Å². The van der Waals surface area contributed by atoms with Gasteiger partial charge in [-0.25, -0.2) is 14.4 Å². The fourth-order valence-electron chi connectivity index (χ4n) is 3.56. The van der Waals surface area contributed by atoms with Gasteiger partial charge in [-0.3, -0.25) is 14.2 Å². The number of aromatic nitrogens is 3. The number of rotatable bonds is 6. The molecule has 174 valence electrons. The lowest BCUT2D eigenvalue weighted by atomic mass is 10.2. The highest BCUT2D eigenvalue weighted by atomic mass is 32.2. The lowest BCUT2D eigenvalue weighted by molar-refractivity contribution is -0.113. The number of hydrogen-bond acceptors (Lipinski definition) is 6. The molecule has 35 heavy (non-hydrogen) atoms. The molecule has 1 amide bonds. The molecular formula is C26H19FN4O2S2. The molecular weight excluding hydrogens is 483 g/mol. The minimum absolute atomic E-state index is 0.0191. The monoisotopic (exact) mass is 502 g/mol. The zero-order valence-corrected chi connectivity index (χ0v) is 20.2. The minimum Gasteiger partial charge on any atom is -0.301 e. The molecule has 2 aromatic heterocycles. The van der Waals surface area contributed by atoms with Crippen LogP contribution in [-0.4, -0.2) is 26.2 Å². The second-order valence-corrected chi connectivity index (χ2v) is 9.53. The van der Waals surface area contributed by atoms with Gasteiger partial charge in [0, 0.05) is 10.9 Å². The third-order valence-electron chi connectivity index (χ3n) is 5.30. The predicted molar refractivity (Wildman–Crippen MR) is 139 cm³/mol. The Morgan fingerprint density at radius 2 is 1.83 bits per heavy atom. The van der Waals surface area contributed by atoms with E-state index < -0.39 is 0 Å². The van der Waals surface area contributed by atoms with E-state index in [1.807, 2.05) is 35.7 Å². The Bertz CT molecular complexity index is 1600. The van der Waals surface area contributed by atoms with Crippen LogP contribution in [-0.2, 0) is 4.79 Å². The smallest absolute Gasteiger partial charge is 0.266 e. The van der Waals surface area contributed by atoms with Crippen molar-refractivity contribution >= 4 is 45.0 Å². The van der Waals surface area contributed by atoms with E-state index in [2.05, 4.69) is 15.3 Å². The zero-order valence-electron chi connectivity index (χ0n) is 18.6. The van der Waals surface area contributed by atoms with Crippen LogP contribution in [0.3, 0.4) is 0 Å². The highest BCUT2D eigenvalue weighted by Crippen LogP contribution is 2.26. The van der Waals surface area contributed by atoms with Crippen molar-refractivity contribution in [1.29, 1.82) is 0 Å². The predicted octanol–water partition coefficient (Wildman–Crippen LogP) is 5.69. The third-order valence-corrected chi connectivity index (χ3v) is 6.99. The van der Waals surface area contributed by atoms with Gasteiger partial charge in [-0.1, -0.05) is 54.2 Å². The molecule has 5 rings (SSSR count). The number of aryl methyl sites for hydroxylation is 1. The van der Waals surface area contributed by atoms with Gasteiger partial charge in [-0.05, 0) is 42.8 Å². The quantitative estimate of drug-likeness (QED) is 0.239. The Balaban J connectivity index is 1.41. The highest BCUT2D eigenvalue weighted by molar-refractivity contribution is 7.99. The number of para-hydroxylation sites is 1. The van der Waals surface area contributed by atoms with Gasteiger partial charge in [0.05, 0.1) is 28.0 Å². The standard InChI is InChI=1S/C26H19FN4O2S2/c1-16-13-18(11-12-20(16)27)31-24(33)19-9-5-6-10-21(19)29-26(31)35-15-23(32)30-25-28-22(14-34-25)17-7-3-2-4-8-17/h2-14H,15H2,1H3,(H,28,30,32). The van der Waals surface area contributed by atoms with Crippen LogP contribution in [0.4, 0.5) is 9.52 Å². The van der Waals surface area contributed by atoms with Crippen LogP contribution in [0.2, 0.25) is 0 Å². The Morgan fingerprint density at radius 1 is 1.06 bits per heavy atom. The van der Waals surface area contributed by atoms with Crippen LogP contribution >= 0.6 is 23.1 Å². The first-order valence-electron chi connectivity index (χ1n) is 10.7. The SMILES string of the molecule is Cc1cc(-n2c(SCC(=O)Nc3nc(-c4ccccc4)cs3)nc3ccccc3c2=O)ccc1F. The highest BCUT2D eigenvalue weighted by Gasteiger charge is 2.16. The zero-order chi connectivity index (χ0) is 24.4. The first-order valence-corrected chi connectivity index (χ1v) is 12.6. The number of nitrogens with zero attached hydrogens (tertiary/aromatic N) is 3. The number of anilines is 1. The van der Waals surface area contributed by atoms with E-state index in [0.717, 1.165) is 23.0 Å². The van der Waals surface area contributed by atoms with Crippen molar-refractivity contribution in [2.45, 2.75) is 12.1 Å². The number of nitrogens with one attached hydrogen (secondary N) is 1. The van der Waals surface area contributed by atoms with Gasteiger partial charge < -0.3 is 5.32 Å². The molecule has 0 aliphatic rings. The number of carbonyl (C=O) groups excluding carboxylic acids is 1. The van der Waals surface area contributed by atoms with E-state index >= 15 is 0 Å². The number of fused-ring (bicyclic) bond motifs is 1. The first-order chi connectivity index (χ1) is 17.0. The van der Waals surface area contributed by atoms with Gasteiger partial charge in [0.15, 0.2) is 10.3 Å². The number of thiazole rings is 1. The molecule has 0 unspecified atom stereocenters. The lowest BCUT2D eigenvalue weighted by Gasteiger charge is -2.14. The Labute approximate surface area is 208 Å². The van der Waals surface area contributed by atoms with Gasteiger partial charge >= 0.3 is 0 Å². The second-order valence-electron chi connectivity index (χ2n) is 7.73. The molecule has 0 saturated carbocycles. The van der Waals surface area contributed by atoms with Crippen molar-refractivity contribution in [1.82, 2.24) is 14.5 Å². The Hall–Kier alpha value is -3.82. The van der Waals surface area contributed by atoms with Crippen LogP contribution < -0.4 is 10.9 Å². The summed E-state index contributed by atoms with van der Waals surface area (Å²) in [4.78, 5) is 35.1. The third kappa shape index (κ3) is 4.87. The summed E-state index contributed by atoms with van der Waals surface area (Å²) >= 11 is 2.48. The number of carbonyl (C=O) groups is 1. The molecule has 3 aromatic carbocycles. The number of benzene rings is 3. The molecule has 0 aliphatic heterocycles. The molecule has 0 atom stereocenters. The first kappa shape index (κ1) is 22.9. The molecule has 0 spiro atoms. The number of thioether (sulfide) groups is 1. The van der Waals surface area contributed by atoms with Crippen LogP contribution in [0.15, 0.2) is 88.1 Å². The molecule has 9 heteroatoms. The molecule has 0 bridgehead atoms. The maximum absolute atomic E-state index is 13.9. The Morgan fingerprint density at radius 3 is 2.63 bits per heavy atom. The van der Waals surface area contributed by atoms with E-state index in [4.69, 9.17) is 0 Å². The molecule has 0 saturated heterocycles. The summed E-state index contributed by atoms with van der Waals surface area (Å²) in [5, 5.41) is 5.98. The fourth-order valence-corrected chi connectivity index (χ4v) is 5.11. The average Bonchev–Trinajstić information content (AvgIpc) is 3.34. The molecule has 0 fully saturated rings. The molecule has 2 heterocycles. The van der Waals surface area contributed by atoms with Gasteiger partial charge in [0.2, 0.25) is 5.91 Å². The van der Waals surface area contributed by atoms with Crippen molar-refractivity contribution in [2.75, 3.05) is 11.1 Å². The van der Waals surface area contributed by atoms with Crippen LogP contribution in [0.1, 0.15) is 5.56 Å². The summed E-state index contributed by atoms with van der Waals surface area (Å²) in [6.45, 7) is 1.64. The summed E-state index contributed by atoms with van der Waals surface area (Å²) in [5.41, 5.74) is 2.91. The molecule has 1 N–H and O–H groups in total. The van der Waals surface area contributed by atoms with Crippen molar-refractivity contribution < 1.29 is 9.18 Å². The van der Waals surface area contributed by atoms with E-state index in [1.165, 1.54) is 28.0 Å². The van der Waals surface area contributed by atoms with Gasteiger partial charge in [0.25, 0.3) is 5.56 Å². The van der Waals surface area contributed by atoms with E-state index in [9.17, 15) is 14.0 Å². The summed E-state index contributed by atoms with van der Waals surface area (Å²) in [6.07, 6.45) is 0. The summed E-state index contributed by atoms with van der Waals surface area (Å²) in [6, 6.07) is 21.2. The lowest BCUT2D eigenvalue weighted by Crippen LogP contribution is -2.23. The van der Waals surface area contributed by atoms with Gasteiger partial charge in [-0.2, -0.15) is 0 Å². The molecule has 0 radical (unpaired) electrons. The molecule has 5 aromatic rings.